The molecule has 1 saturated heterocycles. The Morgan fingerprint density at radius 3 is 2.76 bits per heavy atom. The molecule has 6 heteroatoms. The maximum absolute atomic E-state index is 12.0. The molecule has 2 N–H and O–H groups in total. The first-order valence-electron chi connectivity index (χ1n) is 9.06. The molecule has 0 bridgehead atoms. The summed E-state index contributed by atoms with van der Waals surface area (Å²) in [6.07, 6.45) is 4.06. The molecule has 0 spiro atoms. The summed E-state index contributed by atoms with van der Waals surface area (Å²) in [6, 6.07) is 5.93. The molecule has 1 aliphatic heterocycles. The number of carbonyl (C=O) groups is 1. The van der Waals surface area contributed by atoms with Crippen molar-refractivity contribution in [3.63, 3.8) is 0 Å². The molecule has 0 radical (unpaired) electrons. The van der Waals surface area contributed by atoms with Crippen LogP contribution in [0.2, 0.25) is 0 Å². The van der Waals surface area contributed by atoms with Crippen LogP contribution in [-0.2, 0) is 4.79 Å². The summed E-state index contributed by atoms with van der Waals surface area (Å²) in [6.45, 7) is 7.07. The Bertz CT molecular complexity index is 773. The number of aromatic amines is 1. The number of carbonyl (C=O) groups excluding carboxylic acids is 1. The molecule has 1 amide bonds. The van der Waals surface area contributed by atoms with Crippen molar-refractivity contribution in [1.29, 1.82) is 0 Å². The predicted molar refractivity (Wildman–Crippen MR) is 98.5 cm³/mol. The zero-order valence-electron chi connectivity index (χ0n) is 15.0. The second-order valence-corrected chi connectivity index (χ2v) is 7.03. The molecule has 0 unspecified atom stereocenters. The molecule has 1 aromatic heterocycles. The van der Waals surface area contributed by atoms with Crippen molar-refractivity contribution in [2.24, 2.45) is 10.2 Å². The summed E-state index contributed by atoms with van der Waals surface area (Å²) in [5.41, 5.74) is 2.28. The highest BCUT2D eigenvalue weighted by Crippen LogP contribution is 2.37. The van der Waals surface area contributed by atoms with Gasteiger partial charge in [-0.3, -0.25) is 4.79 Å². The Hall–Kier alpha value is -2.21. The van der Waals surface area contributed by atoms with Crippen LogP contribution in [0, 0.1) is 0 Å². The van der Waals surface area contributed by atoms with E-state index in [2.05, 4.69) is 34.0 Å². The van der Waals surface area contributed by atoms with Crippen LogP contribution in [0.15, 0.2) is 28.4 Å². The van der Waals surface area contributed by atoms with Crippen molar-refractivity contribution in [1.82, 2.24) is 9.88 Å². The van der Waals surface area contributed by atoms with Crippen LogP contribution in [0.3, 0.4) is 0 Å². The Kier molecular flexibility index (Phi) is 5.48. The first-order valence-corrected chi connectivity index (χ1v) is 9.06. The molecule has 0 aliphatic carbocycles. The topological polar surface area (TPSA) is 81.0 Å². The van der Waals surface area contributed by atoms with Crippen molar-refractivity contribution in [2.75, 3.05) is 19.6 Å². The number of H-pyrrole nitrogens is 1. The maximum Gasteiger partial charge on any atom is 0.266 e. The van der Waals surface area contributed by atoms with Crippen LogP contribution in [0.25, 0.3) is 10.9 Å². The number of hydrogen-bond acceptors (Lipinski definition) is 4. The van der Waals surface area contributed by atoms with Crippen LogP contribution >= 0.6 is 0 Å². The van der Waals surface area contributed by atoms with Crippen molar-refractivity contribution in [2.45, 2.75) is 45.4 Å². The van der Waals surface area contributed by atoms with Gasteiger partial charge in [0.2, 0.25) is 5.88 Å². The number of nitrogens with one attached hydrogen (secondary N) is 1. The summed E-state index contributed by atoms with van der Waals surface area (Å²) in [5.74, 6) is 0.0697. The summed E-state index contributed by atoms with van der Waals surface area (Å²) in [5, 5.41) is 18.7. The normalized spacial score (nSPS) is 16.3. The van der Waals surface area contributed by atoms with E-state index in [1.807, 2.05) is 18.2 Å². The molecule has 1 aromatic carbocycles. The first-order chi connectivity index (χ1) is 12.0. The van der Waals surface area contributed by atoms with E-state index in [-0.39, 0.29) is 11.8 Å². The van der Waals surface area contributed by atoms with Gasteiger partial charge in [0.1, 0.15) is 0 Å². The van der Waals surface area contributed by atoms with E-state index in [0.717, 1.165) is 36.1 Å². The third-order valence-corrected chi connectivity index (χ3v) is 4.79. The summed E-state index contributed by atoms with van der Waals surface area (Å²) < 4.78 is 0. The van der Waals surface area contributed by atoms with E-state index < -0.39 is 0 Å². The Balaban J connectivity index is 1.70. The van der Waals surface area contributed by atoms with Crippen LogP contribution in [-0.4, -0.2) is 40.5 Å². The number of benzene rings is 1. The van der Waals surface area contributed by atoms with Crippen molar-refractivity contribution < 1.29 is 9.90 Å². The van der Waals surface area contributed by atoms with Crippen molar-refractivity contribution in [3.05, 3.63) is 23.8 Å². The van der Waals surface area contributed by atoms with E-state index in [9.17, 15) is 9.90 Å². The van der Waals surface area contributed by atoms with Crippen LogP contribution in [0.1, 0.15) is 51.0 Å². The van der Waals surface area contributed by atoms with Gasteiger partial charge in [0, 0.05) is 18.4 Å². The maximum atomic E-state index is 12.0. The van der Waals surface area contributed by atoms with Gasteiger partial charge >= 0.3 is 0 Å². The number of hydrogen-bond donors (Lipinski definition) is 2. The average molecular weight is 342 g/mol. The van der Waals surface area contributed by atoms with Gasteiger partial charge in [0.25, 0.3) is 5.91 Å². The monoisotopic (exact) mass is 342 g/mol. The quantitative estimate of drug-likeness (QED) is 0.786. The van der Waals surface area contributed by atoms with Gasteiger partial charge in [-0.1, -0.05) is 26.3 Å². The third kappa shape index (κ3) is 4.25. The van der Waals surface area contributed by atoms with E-state index in [1.54, 1.807) is 0 Å². The molecule has 1 aliphatic rings. The fraction of sp³-hybridized carbons (Fsp3) is 0.526. The van der Waals surface area contributed by atoms with Crippen LogP contribution in [0.4, 0.5) is 5.69 Å². The highest BCUT2D eigenvalue weighted by molar-refractivity contribution is 5.95. The van der Waals surface area contributed by atoms with E-state index in [4.69, 9.17) is 0 Å². The fourth-order valence-electron chi connectivity index (χ4n) is 3.23. The number of likely N-dealkylation sites (tertiary alicyclic amines) is 1. The number of nitrogens with zero attached hydrogens (tertiary/aromatic N) is 3. The largest absolute Gasteiger partial charge is 0.493 e. The number of fused-ring (bicyclic) bond motifs is 1. The molecule has 0 saturated carbocycles. The molecule has 134 valence electrons. The minimum atomic E-state index is -0.251. The molecule has 3 rings (SSSR count). The Labute approximate surface area is 147 Å². The van der Waals surface area contributed by atoms with E-state index >= 15 is 0 Å². The first kappa shape index (κ1) is 17.6. The lowest BCUT2D eigenvalue weighted by atomic mass is 10.0. The molecule has 2 heterocycles. The van der Waals surface area contributed by atoms with Gasteiger partial charge in [-0.2, -0.15) is 0 Å². The Morgan fingerprint density at radius 1 is 1.28 bits per heavy atom. The van der Waals surface area contributed by atoms with Crippen LogP contribution < -0.4 is 0 Å². The summed E-state index contributed by atoms with van der Waals surface area (Å²) in [4.78, 5) is 17.2. The zero-order valence-corrected chi connectivity index (χ0v) is 15.0. The Morgan fingerprint density at radius 2 is 2.04 bits per heavy atom. The highest BCUT2D eigenvalue weighted by atomic mass is 16.3. The van der Waals surface area contributed by atoms with Crippen molar-refractivity contribution >= 4 is 22.5 Å². The number of piperidine rings is 1. The van der Waals surface area contributed by atoms with Gasteiger partial charge in [-0.15, -0.1) is 10.2 Å². The molecule has 25 heavy (non-hydrogen) atoms. The molecule has 0 atom stereocenters. The lowest BCUT2D eigenvalue weighted by molar-refractivity contribution is -0.118. The minimum absolute atomic E-state index is 0.0523. The fourth-order valence-corrected chi connectivity index (χ4v) is 3.23. The minimum Gasteiger partial charge on any atom is -0.493 e. The lowest BCUT2D eigenvalue weighted by Gasteiger charge is -2.25. The third-order valence-electron chi connectivity index (χ3n) is 4.79. The van der Waals surface area contributed by atoms with Gasteiger partial charge in [-0.05, 0) is 49.5 Å². The number of rotatable bonds is 5. The van der Waals surface area contributed by atoms with Gasteiger partial charge in [0.05, 0.1) is 5.52 Å². The molecule has 1 fully saturated rings. The van der Waals surface area contributed by atoms with Gasteiger partial charge in [0.15, 0.2) is 5.69 Å². The number of aromatic nitrogens is 1. The highest BCUT2D eigenvalue weighted by Gasteiger charge is 2.14. The van der Waals surface area contributed by atoms with Gasteiger partial charge < -0.3 is 15.0 Å². The average Bonchev–Trinajstić information content (AvgIpc) is 2.93. The lowest BCUT2D eigenvalue weighted by Crippen LogP contribution is -2.31. The summed E-state index contributed by atoms with van der Waals surface area (Å²) >= 11 is 0. The number of azo groups is 1. The molecular weight excluding hydrogens is 316 g/mol. The van der Waals surface area contributed by atoms with Crippen molar-refractivity contribution in [3.8, 4) is 5.88 Å². The predicted octanol–water partition coefficient (Wildman–Crippen LogP) is 4.48. The molecule has 2 aromatic rings. The standard InChI is InChI=1S/C19H26N4O2/c1-13(2)14-6-7-16-15(12-14)18(19(25)20-16)22-21-17(24)8-11-23-9-4-3-5-10-23/h6-7,12-13,20,25H,3-5,8-11H2,1-2H3. The zero-order chi connectivity index (χ0) is 17.8. The van der Waals surface area contributed by atoms with Crippen LogP contribution in [0.5, 0.6) is 5.88 Å². The van der Waals surface area contributed by atoms with Gasteiger partial charge in [-0.25, -0.2) is 0 Å². The SMILES string of the molecule is CC(C)c1ccc2[nH]c(O)c(N=NC(=O)CCN3CCCCC3)c2c1. The van der Waals surface area contributed by atoms with E-state index in [1.165, 1.54) is 19.3 Å². The van der Waals surface area contributed by atoms with E-state index in [0.29, 0.717) is 18.0 Å². The number of amides is 1. The smallest absolute Gasteiger partial charge is 0.266 e. The second kappa shape index (κ2) is 7.78. The number of aromatic hydroxyl groups is 1. The summed E-state index contributed by atoms with van der Waals surface area (Å²) in [7, 11) is 0. The molecular formula is C19H26N4O2. The molecule has 6 nitrogen and oxygen atoms in total. The second-order valence-electron chi connectivity index (χ2n) is 7.03.